The molecule has 0 fully saturated rings. The number of methoxy groups -OCH3 is 1. The zero-order valence-electron chi connectivity index (χ0n) is 13.9. The highest BCUT2D eigenvalue weighted by Gasteiger charge is 2.19. The van der Waals surface area contributed by atoms with E-state index in [2.05, 4.69) is 5.32 Å². The van der Waals surface area contributed by atoms with Crippen LogP contribution in [0.4, 0.5) is 5.69 Å². The number of nitrogens with one attached hydrogen (secondary N) is 1. The Kier molecular flexibility index (Phi) is 5.47. The van der Waals surface area contributed by atoms with Crippen LogP contribution in [0.25, 0.3) is 0 Å². The second-order valence-corrected chi connectivity index (χ2v) is 5.45. The minimum Gasteiger partial charge on any atom is -0.497 e. The molecule has 5 heteroatoms. The molecule has 1 amide bonds. The van der Waals surface area contributed by atoms with E-state index in [-0.39, 0.29) is 0 Å². The highest BCUT2D eigenvalue weighted by Crippen LogP contribution is 2.18. The van der Waals surface area contributed by atoms with Crippen LogP contribution in [-0.4, -0.2) is 24.6 Å². The molecule has 0 unspecified atom stereocenters. The molecule has 5 nitrogen and oxygen atoms in total. The van der Waals surface area contributed by atoms with Gasteiger partial charge in [0, 0.05) is 11.3 Å². The zero-order valence-corrected chi connectivity index (χ0v) is 13.9. The van der Waals surface area contributed by atoms with Gasteiger partial charge in [0.15, 0.2) is 5.78 Å². The SMILES string of the molecule is COc1ccc(C(=O)CC(=O)C(=O)Nc2cccc(C)c2C)cc1. The highest BCUT2D eigenvalue weighted by atomic mass is 16.5. The summed E-state index contributed by atoms with van der Waals surface area (Å²) in [5.41, 5.74) is 2.84. The first-order valence-electron chi connectivity index (χ1n) is 7.50. The van der Waals surface area contributed by atoms with Crippen LogP contribution >= 0.6 is 0 Å². The van der Waals surface area contributed by atoms with E-state index in [0.717, 1.165) is 11.1 Å². The van der Waals surface area contributed by atoms with E-state index in [1.807, 2.05) is 19.9 Å². The molecule has 0 radical (unpaired) electrons. The van der Waals surface area contributed by atoms with Gasteiger partial charge in [0.1, 0.15) is 5.75 Å². The third-order valence-electron chi connectivity index (χ3n) is 3.84. The normalized spacial score (nSPS) is 10.1. The second-order valence-electron chi connectivity index (χ2n) is 5.45. The number of amides is 1. The van der Waals surface area contributed by atoms with E-state index in [0.29, 0.717) is 17.0 Å². The monoisotopic (exact) mass is 325 g/mol. The lowest BCUT2D eigenvalue weighted by Gasteiger charge is -2.09. The molecule has 124 valence electrons. The summed E-state index contributed by atoms with van der Waals surface area (Å²) < 4.78 is 5.01. The van der Waals surface area contributed by atoms with Gasteiger partial charge in [-0.15, -0.1) is 0 Å². The minimum absolute atomic E-state index is 0.365. The summed E-state index contributed by atoms with van der Waals surface area (Å²) in [5, 5.41) is 2.57. The Morgan fingerprint density at radius 2 is 1.67 bits per heavy atom. The van der Waals surface area contributed by atoms with Gasteiger partial charge in [-0.2, -0.15) is 0 Å². The molecule has 0 aliphatic carbocycles. The van der Waals surface area contributed by atoms with E-state index in [1.54, 1.807) is 36.4 Å². The molecule has 24 heavy (non-hydrogen) atoms. The fraction of sp³-hybridized carbons (Fsp3) is 0.211. The van der Waals surface area contributed by atoms with E-state index in [9.17, 15) is 14.4 Å². The number of benzene rings is 2. The van der Waals surface area contributed by atoms with E-state index < -0.39 is 23.9 Å². The molecule has 0 saturated carbocycles. The molecule has 2 rings (SSSR count). The molecule has 0 atom stereocenters. The molecule has 0 aliphatic heterocycles. The third-order valence-corrected chi connectivity index (χ3v) is 3.84. The number of Topliss-reactive ketones (excluding diaryl/α,β-unsaturated/α-hetero) is 2. The Hall–Kier alpha value is -2.95. The first-order chi connectivity index (χ1) is 11.4. The Morgan fingerprint density at radius 3 is 2.29 bits per heavy atom. The molecular weight excluding hydrogens is 306 g/mol. The Bertz CT molecular complexity index is 778. The Morgan fingerprint density at radius 1 is 1.00 bits per heavy atom. The maximum absolute atomic E-state index is 12.1. The summed E-state index contributed by atoms with van der Waals surface area (Å²) in [4.78, 5) is 36.1. The predicted molar refractivity (Wildman–Crippen MR) is 91.5 cm³/mol. The lowest BCUT2D eigenvalue weighted by molar-refractivity contribution is -0.134. The quantitative estimate of drug-likeness (QED) is 0.503. The number of carbonyl (C=O) groups excluding carboxylic acids is 3. The van der Waals surface area contributed by atoms with Crippen LogP contribution in [0, 0.1) is 13.8 Å². The van der Waals surface area contributed by atoms with Crippen molar-refractivity contribution in [3.63, 3.8) is 0 Å². The van der Waals surface area contributed by atoms with Gasteiger partial charge < -0.3 is 10.1 Å². The number of hydrogen-bond acceptors (Lipinski definition) is 4. The summed E-state index contributed by atoms with van der Waals surface area (Å²) in [7, 11) is 1.53. The predicted octanol–water partition coefficient (Wildman–Crippen LogP) is 3.09. The molecule has 2 aromatic rings. The van der Waals surface area contributed by atoms with Crippen molar-refractivity contribution in [1.29, 1.82) is 0 Å². The van der Waals surface area contributed by atoms with E-state index in [1.165, 1.54) is 7.11 Å². The average molecular weight is 325 g/mol. The van der Waals surface area contributed by atoms with Crippen molar-refractivity contribution in [2.24, 2.45) is 0 Å². The van der Waals surface area contributed by atoms with Gasteiger partial charge in [0.2, 0.25) is 5.78 Å². The lowest BCUT2D eigenvalue weighted by Crippen LogP contribution is -2.25. The zero-order chi connectivity index (χ0) is 17.7. The number of carbonyl (C=O) groups is 3. The number of ketones is 2. The molecule has 0 saturated heterocycles. The Balaban J connectivity index is 2.01. The fourth-order valence-electron chi connectivity index (χ4n) is 2.18. The van der Waals surface area contributed by atoms with Crippen LogP contribution in [0.3, 0.4) is 0 Å². The van der Waals surface area contributed by atoms with Crippen LogP contribution in [0.1, 0.15) is 27.9 Å². The van der Waals surface area contributed by atoms with Crippen LogP contribution in [-0.2, 0) is 9.59 Å². The maximum Gasteiger partial charge on any atom is 0.292 e. The third kappa shape index (κ3) is 4.07. The van der Waals surface area contributed by atoms with Crippen molar-refractivity contribution in [2.45, 2.75) is 20.3 Å². The van der Waals surface area contributed by atoms with Crippen LogP contribution in [0.5, 0.6) is 5.75 Å². The second kappa shape index (κ2) is 7.55. The molecule has 0 spiro atoms. The van der Waals surface area contributed by atoms with Gasteiger partial charge in [-0.3, -0.25) is 14.4 Å². The van der Waals surface area contributed by atoms with Crippen molar-refractivity contribution in [3.8, 4) is 5.75 Å². The molecular formula is C19H19NO4. The van der Waals surface area contributed by atoms with Gasteiger partial charge in [-0.05, 0) is 55.3 Å². The van der Waals surface area contributed by atoms with Crippen LogP contribution in [0.15, 0.2) is 42.5 Å². The minimum atomic E-state index is -0.787. The van der Waals surface area contributed by atoms with Gasteiger partial charge >= 0.3 is 0 Å². The first-order valence-corrected chi connectivity index (χ1v) is 7.50. The van der Waals surface area contributed by atoms with Crippen LogP contribution in [0.2, 0.25) is 0 Å². The number of aryl methyl sites for hydroxylation is 1. The maximum atomic E-state index is 12.1. The fourth-order valence-corrected chi connectivity index (χ4v) is 2.18. The summed E-state index contributed by atoms with van der Waals surface area (Å²) in [5.74, 6) is -1.34. The van der Waals surface area contributed by atoms with Crippen molar-refractivity contribution in [3.05, 3.63) is 59.2 Å². The van der Waals surface area contributed by atoms with E-state index >= 15 is 0 Å². The summed E-state index contributed by atoms with van der Waals surface area (Å²) in [6.45, 7) is 3.78. The molecule has 0 aromatic heterocycles. The molecule has 0 bridgehead atoms. The van der Waals surface area contributed by atoms with Gasteiger partial charge in [0.25, 0.3) is 5.91 Å². The summed E-state index contributed by atoms with van der Waals surface area (Å²) in [6, 6.07) is 11.8. The highest BCUT2D eigenvalue weighted by molar-refractivity contribution is 6.44. The Labute approximate surface area is 140 Å². The van der Waals surface area contributed by atoms with Crippen molar-refractivity contribution in [2.75, 3.05) is 12.4 Å². The average Bonchev–Trinajstić information content (AvgIpc) is 2.58. The van der Waals surface area contributed by atoms with Crippen molar-refractivity contribution < 1.29 is 19.1 Å². The number of anilines is 1. The van der Waals surface area contributed by atoms with Crippen molar-refractivity contribution in [1.82, 2.24) is 0 Å². The van der Waals surface area contributed by atoms with Crippen LogP contribution < -0.4 is 10.1 Å². The molecule has 0 aliphatic rings. The topological polar surface area (TPSA) is 72.5 Å². The molecule has 2 aromatic carbocycles. The number of ether oxygens (including phenoxy) is 1. The molecule has 1 N–H and O–H groups in total. The first kappa shape index (κ1) is 17.4. The van der Waals surface area contributed by atoms with Gasteiger partial charge in [-0.25, -0.2) is 0 Å². The van der Waals surface area contributed by atoms with E-state index in [4.69, 9.17) is 4.74 Å². The number of rotatable bonds is 6. The number of hydrogen-bond donors (Lipinski definition) is 1. The summed E-state index contributed by atoms with van der Waals surface area (Å²) in [6.07, 6.45) is -0.469. The summed E-state index contributed by atoms with van der Waals surface area (Å²) >= 11 is 0. The van der Waals surface area contributed by atoms with Gasteiger partial charge in [0.05, 0.1) is 13.5 Å². The molecule has 0 heterocycles. The standard InChI is InChI=1S/C19H19NO4/c1-12-5-4-6-16(13(12)2)20-19(23)18(22)11-17(21)14-7-9-15(24-3)10-8-14/h4-10H,11H2,1-3H3,(H,20,23). The van der Waals surface area contributed by atoms with Crippen molar-refractivity contribution >= 4 is 23.2 Å². The smallest absolute Gasteiger partial charge is 0.292 e. The lowest BCUT2D eigenvalue weighted by atomic mass is 10.0. The van der Waals surface area contributed by atoms with Gasteiger partial charge in [-0.1, -0.05) is 12.1 Å². The largest absolute Gasteiger partial charge is 0.497 e.